The van der Waals surface area contributed by atoms with Crippen LogP contribution in [0.1, 0.15) is 35.7 Å². The van der Waals surface area contributed by atoms with Crippen LogP contribution in [-0.2, 0) is 6.42 Å². The molecule has 0 unspecified atom stereocenters. The molecule has 2 aromatic rings. The Morgan fingerprint density at radius 2 is 1.76 bits per heavy atom. The third-order valence-electron chi connectivity index (χ3n) is 4.45. The molecule has 0 spiro atoms. The lowest BCUT2D eigenvalue weighted by Crippen LogP contribution is -2.34. The average molecular weight is 353 g/mol. The summed E-state index contributed by atoms with van der Waals surface area (Å²) in [5, 5.41) is 6.25. The topological polar surface area (TPSA) is 44.4 Å². The normalized spacial score (nSPS) is 13.6. The highest BCUT2D eigenvalue weighted by molar-refractivity contribution is 7.80. The van der Waals surface area contributed by atoms with Gasteiger partial charge in [0.1, 0.15) is 0 Å². The third-order valence-corrected chi connectivity index (χ3v) is 4.65. The van der Waals surface area contributed by atoms with Gasteiger partial charge in [-0.3, -0.25) is 10.1 Å². The SMILES string of the molecule is CCc1ccc(C(=O)NC(=S)Nc2ccccc2N2CCCC2)cc1. The first-order valence-corrected chi connectivity index (χ1v) is 9.13. The molecule has 0 bridgehead atoms. The quantitative estimate of drug-likeness (QED) is 0.816. The molecule has 1 saturated heterocycles. The number of aryl methyl sites for hydroxylation is 1. The lowest BCUT2D eigenvalue weighted by atomic mass is 10.1. The van der Waals surface area contributed by atoms with Crippen LogP contribution in [0.15, 0.2) is 48.5 Å². The van der Waals surface area contributed by atoms with Crippen molar-refractivity contribution >= 4 is 34.6 Å². The highest BCUT2D eigenvalue weighted by Crippen LogP contribution is 2.28. The summed E-state index contributed by atoms with van der Waals surface area (Å²) in [5.74, 6) is -0.196. The molecule has 25 heavy (non-hydrogen) atoms. The molecule has 3 rings (SSSR count). The van der Waals surface area contributed by atoms with E-state index in [1.54, 1.807) is 0 Å². The Balaban J connectivity index is 1.65. The monoisotopic (exact) mass is 353 g/mol. The number of amides is 1. The van der Waals surface area contributed by atoms with E-state index in [-0.39, 0.29) is 5.91 Å². The zero-order chi connectivity index (χ0) is 17.6. The maximum absolute atomic E-state index is 12.3. The van der Waals surface area contributed by atoms with Gasteiger partial charge in [0.25, 0.3) is 5.91 Å². The van der Waals surface area contributed by atoms with Gasteiger partial charge < -0.3 is 10.2 Å². The van der Waals surface area contributed by atoms with Crippen molar-refractivity contribution in [2.45, 2.75) is 26.2 Å². The smallest absolute Gasteiger partial charge is 0.257 e. The van der Waals surface area contributed by atoms with Crippen molar-refractivity contribution in [1.29, 1.82) is 0 Å². The van der Waals surface area contributed by atoms with E-state index in [0.717, 1.165) is 30.9 Å². The Morgan fingerprint density at radius 3 is 2.44 bits per heavy atom. The summed E-state index contributed by atoms with van der Waals surface area (Å²) in [4.78, 5) is 14.7. The van der Waals surface area contributed by atoms with Crippen molar-refractivity contribution in [3.63, 3.8) is 0 Å². The fourth-order valence-corrected chi connectivity index (χ4v) is 3.24. The second-order valence-electron chi connectivity index (χ2n) is 6.17. The molecule has 0 radical (unpaired) electrons. The number of benzene rings is 2. The highest BCUT2D eigenvalue weighted by Gasteiger charge is 2.16. The van der Waals surface area contributed by atoms with Crippen LogP contribution in [0, 0.1) is 0 Å². The summed E-state index contributed by atoms with van der Waals surface area (Å²) in [5.41, 5.74) is 3.87. The van der Waals surface area contributed by atoms with Crippen LogP contribution in [0.5, 0.6) is 0 Å². The number of nitrogens with zero attached hydrogens (tertiary/aromatic N) is 1. The molecular formula is C20H23N3OS. The van der Waals surface area contributed by atoms with Crippen molar-refractivity contribution in [3.8, 4) is 0 Å². The van der Waals surface area contributed by atoms with Gasteiger partial charge in [-0.25, -0.2) is 0 Å². The second-order valence-corrected chi connectivity index (χ2v) is 6.58. The van der Waals surface area contributed by atoms with Gasteiger partial charge in [0.15, 0.2) is 5.11 Å². The Kier molecular flexibility index (Phi) is 5.66. The number of hydrogen-bond acceptors (Lipinski definition) is 3. The molecule has 1 fully saturated rings. The number of nitrogens with one attached hydrogen (secondary N) is 2. The molecule has 2 N–H and O–H groups in total. The standard InChI is InChI=1S/C20H23N3OS/c1-2-15-9-11-16(12-10-15)19(24)22-20(25)21-17-7-3-4-8-18(17)23-13-5-6-14-23/h3-4,7-12H,2,5-6,13-14H2,1H3,(H2,21,22,24,25). The van der Waals surface area contributed by atoms with E-state index in [1.165, 1.54) is 18.4 Å². The number of para-hydroxylation sites is 2. The molecule has 1 heterocycles. The summed E-state index contributed by atoms with van der Waals surface area (Å²) in [7, 11) is 0. The van der Waals surface area contributed by atoms with Crippen molar-refractivity contribution < 1.29 is 4.79 Å². The Morgan fingerprint density at radius 1 is 1.08 bits per heavy atom. The first-order chi connectivity index (χ1) is 12.2. The molecule has 1 aliphatic heterocycles. The molecule has 1 amide bonds. The van der Waals surface area contributed by atoms with Gasteiger partial charge in [-0.15, -0.1) is 0 Å². The van der Waals surface area contributed by atoms with E-state index in [2.05, 4.69) is 28.5 Å². The lowest BCUT2D eigenvalue weighted by molar-refractivity contribution is 0.0977. The van der Waals surface area contributed by atoms with Crippen molar-refractivity contribution in [2.75, 3.05) is 23.3 Å². The molecule has 0 aromatic heterocycles. The van der Waals surface area contributed by atoms with Gasteiger partial charge in [0.05, 0.1) is 11.4 Å². The largest absolute Gasteiger partial charge is 0.370 e. The van der Waals surface area contributed by atoms with Crippen molar-refractivity contribution in [2.24, 2.45) is 0 Å². The minimum atomic E-state index is -0.196. The van der Waals surface area contributed by atoms with Gasteiger partial charge in [-0.2, -0.15) is 0 Å². The summed E-state index contributed by atoms with van der Waals surface area (Å²) in [6.07, 6.45) is 3.38. The Bertz CT molecular complexity index is 752. The van der Waals surface area contributed by atoms with Gasteiger partial charge in [0, 0.05) is 18.7 Å². The van der Waals surface area contributed by atoms with Gasteiger partial charge in [-0.1, -0.05) is 31.2 Å². The van der Waals surface area contributed by atoms with E-state index in [9.17, 15) is 4.79 Å². The van der Waals surface area contributed by atoms with Gasteiger partial charge in [0.2, 0.25) is 0 Å². The number of anilines is 2. The zero-order valence-corrected chi connectivity index (χ0v) is 15.2. The minimum Gasteiger partial charge on any atom is -0.370 e. The number of carbonyl (C=O) groups excluding carboxylic acids is 1. The van der Waals surface area contributed by atoms with Crippen LogP contribution in [0.4, 0.5) is 11.4 Å². The Labute approximate surface area is 154 Å². The van der Waals surface area contributed by atoms with Crippen LogP contribution in [0.2, 0.25) is 0 Å². The van der Waals surface area contributed by atoms with Gasteiger partial charge in [-0.05, 0) is 61.3 Å². The zero-order valence-electron chi connectivity index (χ0n) is 14.4. The maximum atomic E-state index is 12.3. The minimum absolute atomic E-state index is 0.196. The first kappa shape index (κ1) is 17.4. The average Bonchev–Trinajstić information content (AvgIpc) is 3.16. The van der Waals surface area contributed by atoms with E-state index < -0.39 is 0 Å². The summed E-state index contributed by atoms with van der Waals surface area (Å²) in [6, 6.07) is 15.7. The molecule has 4 nitrogen and oxygen atoms in total. The summed E-state index contributed by atoms with van der Waals surface area (Å²) in [6.45, 7) is 4.20. The van der Waals surface area contributed by atoms with Crippen molar-refractivity contribution in [1.82, 2.24) is 5.32 Å². The fraction of sp³-hybridized carbons (Fsp3) is 0.300. The van der Waals surface area contributed by atoms with E-state index >= 15 is 0 Å². The third kappa shape index (κ3) is 4.37. The Hall–Kier alpha value is -2.40. The van der Waals surface area contributed by atoms with Gasteiger partial charge >= 0.3 is 0 Å². The molecule has 0 saturated carbocycles. The molecule has 0 aliphatic carbocycles. The molecule has 1 aliphatic rings. The van der Waals surface area contributed by atoms with Crippen LogP contribution in [-0.4, -0.2) is 24.1 Å². The fourth-order valence-electron chi connectivity index (χ4n) is 3.03. The summed E-state index contributed by atoms with van der Waals surface area (Å²) < 4.78 is 0. The molecular weight excluding hydrogens is 330 g/mol. The predicted molar refractivity (Wildman–Crippen MR) is 107 cm³/mol. The first-order valence-electron chi connectivity index (χ1n) is 8.72. The molecule has 2 aromatic carbocycles. The van der Waals surface area contributed by atoms with Crippen LogP contribution in [0.25, 0.3) is 0 Å². The van der Waals surface area contributed by atoms with E-state index in [4.69, 9.17) is 12.2 Å². The van der Waals surface area contributed by atoms with Crippen molar-refractivity contribution in [3.05, 3.63) is 59.7 Å². The maximum Gasteiger partial charge on any atom is 0.257 e. The second kappa shape index (κ2) is 8.12. The number of rotatable bonds is 4. The van der Waals surface area contributed by atoms with E-state index in [1.807, 2.05) is 42.5 Å². The van der Waals surface area contributed by atoms with E-state index in [0.29, 0.717) is 10.7 Å². The predicted octanol–water partition coefficient (Wildman–Crippen LogP) is 3.98. The molecule has 5 heteroatoms. The number of hydrogen-bond donors (Lipinski definition) is 2. The van der Waals surface area contributed by atoms with Crippen LogP contribution < -0.4 is 15.5 Å². The molecule has 130 valence electrons. The van der Waals surface area contributed by atoms with Crippen LogP contribution >= 0.6 is 12.2 Å². The lowest BCUT2D eigenvalue weighted by Gasteiger charge is -2.22. The number of carbonyl (C=O) groups is 1. The van der Waals surface area contributed by atoms with Crippen LogP contribution in [0.3, 0.4) is 0 Å². The highest BCUT2D eigenvalue weighted by atomic mass is 32.1. The summed E-state index contributed by atoms with van der Waals surface area (Å²) >= 11 is 5.33. The molecule has 0 atom stereocenters. The number of thiocarbonyl (C=S) groups is 1.